The average molecular weight is 410 g/mol. The Morgan fingerprint density at radius 2 is 1.53 bits per heavy atom. The molecule has 4 aromatic rings. The maximum atomic E-state index is 12.5. The molecule has 0 spiro atoms. The molecule has 146 valence electrons. The third kappa shape index (κ3) is 3.94. The molecule has 2 nitrogen and oxygen atoms in total. The summed E-state index contributed by atoms with van der Waals surface area (Å²) in [5.74, 6) is 6.55. The number of hydrogen-bond acceptors (Lipinski definition) is 1. The Morgan fingerprint density at radius 1 is 0.867 bits per heavy atom. The van der Waals surface area contributed by atoms with Crippen LogP contribution in [0.2, 0.25) is 5.02 Å². The van der Waals surface area contributed by atoms with Crippen molar-refractivity contribution in [1.29, 1.82) is 0 Å². The van der Waals surface area contributed by atoms with E-state index in [0.29, 0.717) is 10.6 Å². The van der Waals surface area contributed by atoms with Crippen molar-refractivity contribution in [2.24, 2.45) is 0 Å². The zero-order valence-corrected chi connectivity index (χ0v) is 17.6. The van der Waals surface area contributed by atoms with Crippen LogP contribution in [0.4, 0.5) is 0 Å². The minimum Gasteiger partial charge on any atom is -0.319 e. The largest absolute Gasteiger partial charge is 0.319 e. The second-order valence-corrected chi connectivity index (χ2v) is 7.51. The van der Waals surface area contributed by atoms with Crippen molar-refractivity contribution in [3.63, 3.8) is 0 Å². The summed E-state index contributed by atoms with van der Waals surface area (Å²) in [4.78, 5) is 12.5. The van der Waals surface area contributed by atoms with Gasteiger partial charge in [0.15, 0.2) is 5.78 Å². The van der Waals surface area contributed by atoms with E-state index in [9.17, 15) is 4.79 Å². The Kier molecular flexibility index (Phi) is 5.57. The smallest absolute Gasteiger partial charge is 0.162 e. The van der Waals surface area contributed by atoms with E-state index < -0.39 is 0 Å². The topological polar surface area (TPSA) is 22.0 Å². The number of nitrogens with zero attached hydrogens (tertiary/aromatic N) is 1. The van der Waals surface area contributed by atoms with Crippen LogP contribution in [0.1, 0.15) is 34.1 Å². The Bertz CT molecular complexity index is 1270. The minimum atomic E-state index is 0.0315. The van der Waals surface area contributed by atoms with Crippen LogP contribution in [0.3, 0.4) is 0 Å². The Hall–Kier alpha value is -3.54. The molecule has 0 atom stereocenters. The standard InChI is InChI=1S/C27H20ClNO/c1-19-27(20(2)30)25(22-14-16-24(28)17-15-22)18-29(19)26-11-7-6-10-23(26)13-12-21-8-4-3-5-9-21/h3-11,14-18H,1-2H3. The van der Waals surface area contributed by atoms with Gasteiger partial charge in [0, 0.05) is 39.2 Å². The predicted octanol–water partition coefficient (Wildman–Crippen LogP) is 6.71. The molecule has 0 fully saturated rings. The van der Waals surface area contributed by atoms with Crippen LogP contribution in [0.5, 0.6) is 0 Å². The molecular formula is C27H20ClNO. The van der Waals surface area contributed by atoms with Crippen molar-refractivity contribution in [2.75, 3.05) is 0 Å². The third-order valence-corrected chi connectivity index (χ3v) is 5.29. The van der Waals surface area contributed by atoms with Gasteiger partial charge in [-0.3, -0.25) is 4.79 Å². The number of rotatable bonds is 3. The maximum absolute atomic E-state index is 12.5. The van der Waals surface area contributed by atoms with Gasteiger partial charge in [0.1, 0.15) is 0 Å². The van der Waals surface area contributed by atoms with E-state index in [1.54, 1.807) is 6.92 Å². The van der Waals surface area contributed by atoms with E-state index in [4.69, 9.17) is 11.6 Å². The normalized spacial score (nSPS) is 10.4. The lowest BCUT2D eigenvalue weighted by Crippen LogP contribution is -2.01. The summed E-state index contributed by atoms with van der Waals surface area (Å²) in [5.41, 5.74) is 6.26. The molecule has 0 saturated heterocycles. The molecule has 0 aliphatic rings. The van der Waals surface area contributed by atoms with Gasteiger partial charge in [0.2, 0.25) is 0 Å². The number of para-hydroxylation sites is 1. The van der Waals surface area contributed by atoms with Crippen LogP contribution >= 0.6 is 11.6 Å². The summed E-state index contributed by atoms with van der Waals surface area (Å²) >= 11 is 6.05. The number of benzene rings is 3. The van der Waals surface area contributed by atoms with Crippen LogP contribution in [0.15, 0.2) is 85.1 Å². The summed E-state index contributed by atoms with van der Waals surface area (Å²) in [7, 11) is 0. The second kappa shape index (κ2) is 8.45. The number of carbonyl (C=O) groups excluding carboxylic acids is 1. The van der Waals surface area contributed by atoms with E-state index >= 15 is 0 Å². The molecule has 4 rings (SSSR count). The summed E-state index contributed by atoms with van der Waals surface area (Å²) in [5, 5.41) is 0.667. The van der Waals surface area contributed by atoms with Crippen LogP contribution in [-0.2, 0) is 0 Å². The van der Waals surface area contributed by atoms with E-state index in [-0.39, 0.29) is 5.78 Å². The quantitative estimate of drug-likeness (QED) is 0.272. The molecule has 0 aliphatic heterocycles. The minimum absolute atomic E-state index is 0.0315. The second-order valence-electron chi connectivity index (χ2n) is 7.07. The number of Topliss-reactive ketones (excluding diaryl/α,β-unsaturated/α-hetero) is 1. The SMILES string of the molecule is CC(=O)c1c(-c2ccc(Cl)cc2)cn(-c2ccccc2C#Cc2ccccc2)c1C. The van der Waals surface area contributed by atoms with Gasteiger partial charge in [-0.2, -0.15) is 0 Å². The fraction of sp³-hybridized carbons (Fsp3) is 0.0741. The number of hydrogen-bond donors (Lipinski definition) is 0. The molecule has 1 aromatic heterocycles. The lowest BCUT2D eigenvalue weighted by molar-refractivity contribution is 0.101. The summed E-state index contributed by atoms with van der Waals surface area (Å²) < 4.78 is 2.05. The number of halogens is 1. The fourth-order valence-corrected chi connectivity index (χ4v) is 3.73. The van der Waals surface area contributed by atoms with Gasteiger partial charge in [-0.25, -0.2) is 0 Å². The van der Waals surface area contributed by atoms with Gasteiger partial charge < -0.3 is 4.57 Å². The monoisotopic (exact) mass is 409 g/mol. The van der Waals surface area contributed by atoms with Crippen molar-refractivity contribution in [3.8, 4) is 28.7 Å². The molecule has 0 radical (unpaired) electrons. The molecule has 1 heterocycles. The Labute approximate surface area is 181 Å². The van der Waals surface area contributed by atoms with Crippen LogP contribution < -0.4 is 0 Å². The van der Waals surface area contributed by atoms with Gasteiger partial charge in [-0.05, 0) is 55.8 Å². The highest BCUT2D eigenvalue weighted by atomic mass is 35.5. The van der Waals surface area contributed by atoms with Gasteiger partial charge >= 0.3 is 0 Å². The molecular weight excluding hydrogens is 390 g/mol. The van der Waals surface area contributed by atoms with Crippen molar-refractivity contribution in [1.82, 2.24) is 4.57 Å². The zero-order chi connectivity index (χ0) is 21.1. The molecule has 0 aliphatic carbocycles. The highest BCUT2D eigenvalue weighted by Gasteiger charge is 2.19. The molecule has 30 heavy (non-hydrogen) atoms. The number of carbonyl (C=O) groups is 1. The van der Waals surface area contributed by atoms with Gasteiger partial charge in [-0.1, -0.05) is 65.9 Å². The summed E-state index contributed by atoms with van der Waals surface area (Å²) in [6.45, 7) is 3.57. The third-order valence-electron chi connectivity index (χ3n) is 5.04. The van der Waals surface area contributed by atoms with E-state index in [1.807, 2.05) is 92.0 Å². The molecule has 3 heteroatoms. The van der Waals surface area contributed by atoms with Crippen molar-refractivity contribution in [3.05, 3.63) is 112 Å². The first-order chi connectivity index (χ1) is 14.5. The lowest BCUT2D eigenvalue weighted by atomic mass is 10.0. The molecule has 0 N–H and O–H groups in total. The summed E-state index contributed by atoms with van der Waals surface area (Å²) in [6, 6.07) is 25.4. The number of ketones is 1. The van der Waals surface area contributed by atoms with E-state index in [2.05, 4.69) is 16.4 Å². The van der Waals surface area contributed by atoms with Crippen molar-refractivity contribution < 1.29 is 4.79 Å². The maximum Gasteiger partial charge on any atom is 0.162 e. The van der Waals surface area contributed by atoms with Crippen molar-refractivity contribution in [2.45, 2.75) is 13.8 Å². The van der Waals surface area contributed by atoms with Crippen LogP contribution in [0, 0.1) is 18.8 Å². The first kappa shape index (κ1) is 19.8. The van der Waals surface area contributed by atoms with Crippen LogP contribution in [-0.4, -0.2) is 10.4 Å². The van der Waals surface area contributed by atoms with E-state index in [0.717, 1.165) is 33.6 Å². The zero-order valence-electron chi connectivity index (χ0n) is 16.8. The highest BCUT2D eigenvalue weighted by molar-refractivity contribution is 6.30. The Balaban J connectivity index is 1.86. The molecule has 0 bridgehead atoms. The Morgan fingerprint density at radius 3 is 2.23 bits per heavy atom. The number of aromatic nitrogens is 1. The molecule has 0 unspecified atom stereocenters. The van der Waals surface area contributed by atoms with Crippen molar-refractivity contribution >= 4 is 17.4 Å². The molecule has 3 aromatic carbocycles. The first-order valence-electron chi connectivity index (χ1n) is 9.70. The first-order valence-corrected chi connectivity index (χ1v) is 10.1. The van der Waals surface area contributed by atoms with E-state index in [1.165, 1.54) is 0 Å². The average Bonchev–Trinajstić information content (AvgIpc) is 3.11. The lowest BCUT2D eigenvalue weighted by Gasteiger charge is -2.09. The predicted molar refractivity (Wildman–Crippen MR) is 123 cm³/mol. The molecule has 0 amide bonds. The summed E-state index contributed by atoms with van der Waals surface area (Å²) in [6.07, 6.45) is 2.01. The fourth-order valence-electron chi connectivity index (χ4n) is 3.60. The van der Waals surface area contributed by atoms with Gasteiger partial charge in [0.05, 0.1) is 5.69 Å². The van der Waals surface area contributed by atoms with Gasteiger partial charge in [0.25, 0.3) is 0 Å². The molecule has 0 saturated carbocycles. The van der Waals surface area contributed by atoms with Crippen LogP contribution in [0.25, 0.3) is 16.8 Å². The van der Waals surface area contributed by atoms with Gasteiger partial charge in [-0.15, -0.1) is 0 Å². The highest BCUT2D eigenvalue weighted by Crippen LogP contribution is 2.32.